The number of amides is 8. The third kappa shape index (κ3) is 20.6. The molecule has 0 saturated carbocycles. The number of H-pyrrole nitrogens is 1. The first-order valence-electron chi connectivity index (χ1n) is 27.1. The lowest BCUT2D eigenvalue weighted by atomic mass is 10.1. The topological polar surface area (TPSA) is 343 Å². The van der Waals surface area contributed by atoms with Crippen LogP contribution in [0, 0.1) is 5.82 Å². The van der Waals surface area contributed by atoms with Crippen molar-refractivity contribution in [2.24, 2.45) is 5.73 Å². The number of aromatic nitrogens is 4. The van der Waals surface area contributed by atoms with Gasteiger partial charge in [0.25, 0.3) is 11.8 Å². The second-order valence-electron chi connectivity index (χ2n) is 18.8. The van der Waals surface area contributed by atoms with Crippen LogP contribution in [0.1, 0.15) is 43.3 Å². The Morgan fingerprint density at radius 3 is 2.25 bits per heavy atom. The molecule has 0 spiro atoms. The maximum Gasteiger partial charge on any atom is 0.407 e. The van der Waals surface area contributed by atoms with Crippen LogP contribution < -0.4 is 47.7 Å². The SMILES string of the molecule is CC1C=CC=C(c2nc(CNc3ccccc3F)[nH]c2-c2ccc3ncc(OCCNC(=O)OCc4ccc(NC(=O)C(CCCNC(N)=O)NC(=O)CNC(=O)CCOCCOCCOCCOCCN5C(=O)C=CC5=O)cc4)nc3c2)N1. The van der Waals surface area contributed by atoms with Crippen LogP contribution in [-0.2, 0) is 60.8 Å². The molecule has 2 atom stereocenters. The number of halogens is 1. The van der Waals surface area contributed by atoms with Gasteiger partial charge in [-0.1, -0.05) is 42.5 Å². The summed E-state index contributed by atoms with van der Waals surface area (Å²) in [5, 5.41) is 19.5. The fourth-order valence-electron chi connectivity index (χ4n) is 8.18. The molecular weight excluding hydrogens is 1090 g/mol. The summed E-state index contributed by atoms with van der Waals surface area (Å²) >= 11 is 0. The van der Waals surface area contributed by atoms with Gasteiger partial charge in [-0.05, 0) is 67.8 Å². The summed E-state index contributed by atoms with van der Waals surface area (Å²) < 4.78 is 47.3. The van der Waals surface area contributed by atoms with E-state index in [2.05, 4.69) is 52.2 Å². The molecule has 0 fully saturated rings. The minimum Gasteiger partial charge on any atom is -0.475 e. The van der Waals surface area contributed by atoms with Gasteiger partial charge in [0.1, 0.15) is 36.6 Å². The normalized spacial score (nSPS) is 13.9. The molecule has 446 valence electrons. The smallest absolute Gasteiger partial charge is 0.407 e. The number of benzene rings is 3. The van der Waals surface area contributed by atoms with E-state index in [4.69, 9.17) is 39.1 Å². The van der Waals surface area contributed by atoms with Gasteiger partial charge in [0.05, 0.1) is 113 Å². The van der Waals surface area contributed by atoms with Crippen LogP contribution in [0.5, 0.6) is 5.88 Å². The van der Waals surface area contributed by atoms with Crippen molar-refractivity contribution in [2.45, 2.75) is 51.4 Å². The molecule has 2 aliphatic heterocycles. The van der Waals surface area contributed by atoms with Crippen LogP contribution >= 0.6 is 0 Å². The number of ether oxygens (including phenoxy) is 6. The maximum atomic E-state index is 14.4. The van der Waals surface area contributed by atoms with Crippen molar-refractivity contribution in [3.8, 4) is 17.1 Å². The summed E-state index contributed by atoms with van der Waals surface area (Å²) in [7, 11) is 0. The predicted octanol–water partition coefficient (Wildman–Crippen LogP) is 3.33. The predicted molar refractivity (Wildman–Crippen MR) is 305 cm³/mol. The van der Waals surface area contributed by atoms with Crippen molar-refractivity contribution in [1.29, 1.82) is 0 Å². The van der Waals surface area contributed by atoms with Gasteiger partial charge in [0.2, 0.25) is 23.6 Å². The summed E-state index contributed by atoms with van der Waals surface area (Å²) in [6.45, 7) is 4.21. The number of nitrogens with one attached hydrogen (secondary N) is 8. The number of hydrogen-bond donors (Lipinski definition) is 9. The number of fused-ring (bicyclic) bond motifs is 1. The average molecular weight is 1160 g/mol. The van der Waals surface area contributed by atoms with Crippen LogP contribution in [0.25, 0.3) is 28.0 Å². The molecule has 2 aromatic heterocycles. The molecule has 0 aliphatic carbocycles. The third-order valence-electron chi connectivity index (χ3n) is 12.4. The van der Waals surface area contributed by atoms with Gasteiger partial charge in [-0.15, -0.1) is 0 Å². The van der Waals surface area contributed by atoms with E-state index in [1.807, 2.05) is 43.4 Å². The number of aromatic amines is 1. The van der Waals surface area contributed by atoms with Gasteiger partial charge in [0, 0.05) is 42.4 Å². The molecule has 2 unspecified atom stereocenters. The zero-order valence-corrected chi connectivity index (χ0v) is 46.2. The molecule has 0 saturated heterocycles. The molecule has 0 radical (unpaired) electrons. The number of alkyl carbamates (subject to hydrolysis) is 1. The number of imide groups is 1. The zero-order chi connectivity index (χ0) is 59.5. The van der Waals surface area contributed by atoms with Crippen molar-refractivity contribution >= 4 is 69.8 Å². The Morgan fingerprint density at radius 2 is 1.52 bits per heavy atom. The van der Waals surface area contributed by atoms with Crippen molar-refractivity contribution in [1.82, 2.24) is 51.4 Å². The second kappa shape index (κ2) is 33.0. The Morgan fingerprint density at radius 1 is 0.798 bits per heavy atom. The van der Waals surface area contributed by atoms with Crippen LogP contribution in [0.4, 0.5) is 25.4 Å². The van der Waals surface area contributed by atoms with E-state index in [1.165, 1.54) is 24.4 Å². The van der Waals surface area contributed by atoms with E-state index in [-0.39, 0.29) is 115 Å². The van der Waals surface area contributed by atoms with Gasteiger partial charge in [-0.2, -0.15) is 0 Å². The summed E-state index contributed by atoms with van der Waals surface area (Å²) in [5.41, 5.74) is 10.7. The Labute approximate surface area is 482 Å². The molecule has 3 aromatic carbocycles. The molecule has 4 heterocycles. The molecule has 7 rings (SSSR count). The van der Waals surface area contributed by atoms with Gasteiger partial charge in [-0.25, -0.2) is 28.9 Å². The first-order valence-corrected chi connectivity index (χ1v) is 27.1. The Balaban J connectivity index is 0.774. The minimum atomic E-state index is -1.05. The number of hydrogen-bond acceptors (Lipinski definition) is 18. The fourth-order valence-corrected chi connectivity index (χ4v) is 8.18. The number of carbonyl (C=O) groups is 7. The van der Waals surface area contributed by atoms with E-state index in [0.29, 0.717) is 65.7 Å². The number of para-hydroxylation sites is 1. The lowest BCUT2D eigenvalue weighted by Crippen LogP contribution is -2.47. The molecule has 26 nitrogen and oxygen atoms in total. The van der Waals surface area contributed by atoms with E-state index < -0.39 is 42.4 Å². The summed E-state index contributed by atoms with van der Waals surface area (Å²) in [6.07, 6.45) is 9.56. The molecule has 5 aromatic rings. The van der Waals surface area contributed by atoms with Gasteiger partial charge >= 0.3 is 12.1 Å². The third-order valence-corrected chi connectivity index (χ3v) is 12.4. The number of primary amides is 1. The first-order chi connectivity index (χ1) is 40.8. The molecule has 84 heavy (non-hydrogen) atoms. The standard InChI is InChI=1S/C57H68FN13O13/c1-37-6-4-9-44(65-37)54-53(69-47(70-54)33-62-42-8-3-2-7-41(42)58)39-13-16-43-46(32-39)68-50(35-63-43)83-24-21-61-57(78)84-36-38-11-14-40(15-12-38)66-55(76)45(10-5-20-60-56(59)77)67-49(73)34-64-48(72)19-23-79-26-28-81-30-31-82-29-27-80-25-22-71-51(74)17-18-52(71)75/h2-4,6-9,11-18,32,35,37,45,62,65H,5,10,19-31,33-34,36H2,1H3,(H,61,78)(H,64,72)(H,66,76)(H,67,73)(H,69,70)(H3,59,60,77). The van der Waals surface area contributed by atoms with Crippen molar-refractivity contribution in [2.75, 3.05) is 96.3 Å². The van der Waals surface area contributed by atoms with Crippen molar-refractivity contribution in [3.63, 3.8) is 0 Å². The number of allylic oxidation sites excluding steroid dienone is 2. The van der Waals surface area contributed by atoms with E-state index in [9.17, 15) is 38.0 Å². The summed E-state index contributed by atoms with van der Waals surface area (Å²) in [5.74, 6) is -1.89. The molecule has 0 bridgehead atoms. The lowest BCUT2D eigenvalue weighted by Gasteiger charge is -2.19. The second-order valence-corrected chi connectivity index (χ2v) is 18.8. The largest absolute Gasteiger partial charge is 0.475 e. The van der Waals surface area contributed by atoms with Gasteiger partial charge < -0.3 is 76.4 Å². The van der Waals surface area contributed by atoms with Gasteiger partial charge in [-0.3, -0.25) is 28.9 Å². The van der Waals surface area contributed by atoms with Crippen LogP contribution in [0.3, 0.4) is 0 Å². The quantitative estimate of drug-likeness (QED) is 0.0207. The fraction of sp³-hybridized carbons (Fsp3) is 0.368. The van der Waals surface area contributed by atoms with Crippen LogP contribution in [0.2, 0.25) is 0 Å². The van der Waals surface area contributed by atoms with Crippen molar-refractivity contribution in [3.05, 3.63) is 126 Å². The molecule has 10 N–H and O–H groups in total. The first kappa shape index (κ1) is 62.3. The number of carbonyl (C=O) groups excluding carboxylic acids is 7. The number of nitrogens with zero attached hydrogens (tertiary/aromatic N) is 4. The molecule has 8 amide bonds. The number of dihydropyridines is 1. The number of anilines is 2. The highest BCUT2D eigenvalue weighted by molar-refractivity contribution is 6.12. The van der Waals surface area contributed by atoms with Crippen LogP contribution in [-0.4, -0.2) is 164 Å². The molecular formula is C57H68FN13O13. The number of nitrogens with two attached hydrogens (primary N) is 1. The average Bonchev–Trinajstić information content (AvgIpc) is 2.88. The number of urea groups is 1. The molecule has 27 heteroatoms. The Bertz CT molecular complexity index is 3140. The minimum absolute atomic E-state index is 0.0309. The Kier molecular flexibility index (Phi) is 24.4. The number of rotatable bonds is 35. The number of imidazole rings is 1. The lowest BCUT2D eigenvalue weighted by molar-refractivity contribution is -0.137. The monoisotopic (exact) mass is 1160 g/mol. The van der Waals surface area contributed by atoms with Crippen molar-refractivity contribution < 1.29 is 66.4 Å². The summed E-state index contributed by atoms with van der Waals surface area (Å²) in [4.78, 5) is 104. The highest BCUT2D eigenvalue weighted by Gasteiger charge is 2.24. The zero-order valence-electron chi connectivity index (χ0n) is 46.2. The molecule has 2 aliphatic rings. The van der Waals surface area contributed by atoms with Gasteiger partial charge in [0.15, 0.2) is 0 Å². The van der Waals surface area contributed by atoms with E-state index >= 15 is 0 Å². The van der Waals surface area contributed by atoms with E-state index in [0.717, 1.165) is 21.9 Å². The highest BCUT2D eigenvalue weighted by atomic mass is 19.1. The van der Waals surface area contributed by atoms with E-state index in [1.54, 1.807) is 42.5 Å². The highest BCUT2D eigenvalue weighted by Crippen LogP contribution is 2.30. The summed E-state index contributed by atoms with van der Waals surface area (Å²) in [6, 6.07) is 16.9. The van der Waals surface area contributed by atoms with Crippen LogP contribution in [0.15, 0.2) is 103 Å². The Hall–Kier alpha value is -9.31. The maximum absolute atomic E-state index is 14.4.